The van der Waals surface area contributed by atoms with Crippen LogP contribution < -0.4 is 10.6 Å². The van der Waals surface area contributed by atoms with Crippen LogP contribution >= 0.6 is 0 Å². The van der Waals surface area contributed by atoms with Crippen LogP contribution in [0.4, 0.5) is 5.69 Å². The van der Waals surface area contributed by atoms with Gasteiger partial charge in [0.15, 0.2) is 0 Å². The Labute approximate surface area is 140 Å². The van der Waals surface area contributed by atoms with Crippen LogP contribution in [0.2, 0.25) is 0 Å². The molecule has 0 unspecified atom stereocenters. The average molecular weight is 330 g/mol. The number of para-hydroxylation sites is 1. The number of aliphatic carboxylic acids is 1. The fourth-order valence-corrected chi connectivity index (χ4v) is 3.12. The zero-order chi connectivity index (χ0) is 17.1. The molecule has 0 bridgehead atoms. The molecule has 2 saturated carbocycles. The number of carbonyl (C=O) groups excluding carboxylic acids is 2. The highest BCUT2D eigenvalue weighted by Crippen LogP contribution is 2.30. The lowest BCUT2D eigenvalue weighted by molar-refractivity contribution is -0.143. The minimum absolute atomic E-state index is 0.134. The second-order valence-corrected chi connectivity index (χ2v) is 6.67. The molecule has 1 aromatic carbocycles. The van der Waals surface area contributed by atoms with Crippen molar-refractivity contribution in [3.63, 3.8) is 0 Å². The van der Waals surface area contributed by atoms with Crippen LogP contribution in [0.15, 0.2) is 24.3 Å². The van der Waals surface area contributed by atoms with Gasteiger partial charge < -0.3 is 15.7 Å². The smallest absolute Gasteiger partial charge is 0.306 e. The van der Waals surface area contributed by atoms with Crippen LogP contribution in [-0.4, -0.2) is 28.9 Å². The first-order chi connectivity index (χ1) is 11.5. The third-order valence-electron chi connectivity index (χ3n) is 4.79. The monoisotopic (exact) mass is 330 g/mol. The van der Waals surface area contributed by atoms with Crippen molar-refractivity contribution in [3.8, 4) is 0 Å². The van der Waals surface area contributed by atoms with Gasteiger partial charge in [-0.25, -0.2) is 0 Å². The highest BCUT2D eigenvalue weighted by atomic mass is 16.4. The molecule has 2 aliphatic rings. The summed E-state index contributed by atoms with van der Waals surface area (Å²) in [6, 6.07) is 7.24. The Morgan fingerprint density at radius 3 is 2.17 bits per heavy atom. The Hall–Kier alpha value is -2.37. The van der Waals surface area contributed by atoms with Gasteiger partial charge in [-0.1, -0.05) is 12.1 Å². The summed E-state index contributed by atoms with van der Waals surface area (Å²) >= 11 is 0. The van der Waals surface area contributed by atoms with Crippen LogP contribution in [0.5, 0.6) is 0 Å². The zero-order valence-electron chi connectivity index (χ0n) is 13.5. The van der Waals surface area contributed by atoms with Crippen molar-refractivity contribution in [1.82, 2.24) is 5.32 Å². The zero-order valence-corrected chi connectivity index (χ0v) is 13.5. The molecule has 3 N–H and O–H groups in total. The Bertz CT molecular complexity index is 646. The molecular formula is C18H22N2O4. The molecule has 128 valence electrons. The normalized spacial score (nSPS) is 23.3. The van der Waals surface area contributed by atoms with E-state index < -0.39 is 5.97 Å². The summed E-state index contributed by atoms with van der Waals surface area (Å²) in [6.45, 7) is 0. The second-order valence-electron chi connectivity index (χ2n) is 6.67. The molecule has 0 radical (unpaired) electrons. The number of anilines is 1. The lowest BCUT2D eigenvalue weighted by Gasteiger charge is -2.25. The Kier molecular flexibility index (Phi) is 4.83. The van der Waals surface area contributed by atoms with Gasteiger partial charge in [0.2, 0.25) is 5.91 Å². The third-order valence-corrected chi connectivity index (χ3v) is 4.79. The van der Waals surface area contributed by atoms with Gasteiger partial charge in [-0.2, -0.15) is 0 Å². The Morgan fingerprint density at radius 1 is 0.917 bits per heavy atom. The summed E-state index contributed by atoms with van der Waals surface area (Å²) in [5, 5.41) is 14.8. The molecule has 2 fully saturated rings. The maximum atomic E-state index is 12.5. The van der Waals surface area contributed by atoms with E-state index in [0.717, 1.165) is 12.8 Å². The molecule has 1 aromatic rings. The maximum absolute atomic E-state index is 12.5. The molecule has 0 saturated heterocycles. The standard InChI is InChI=1S/C18H22N2O4/c21-16(11-5-7-12(8-6-11)18(23)24)20-15-4-2-1-3-14(15)17(22)19-13-9-10-13/h1-4,11-13H,5-10H2,(H,19,22)(H,20,21)(H,23,24). The first-order valence-corrected chi connectivity index (χ1v) is 8.48. The molecule has 0 atom stereocenters. The number of hydrogen-bond donors (Lipinski definition) is 3. The van der Waals surface area contributed by atoms with E-state index in [9.17, 15) is 14.4 Å². The second kappa shape index (κ2) is 7.03. The van der Waals surface area contributed by atoms with Crippen molar-refractivity contribution in [1.29, 1.82) is 0 Å². The average Bonchev–Trinajstić information content (AvgIpc) is 3.39. The molecule has 3 rings (SSSR count). The van der Waals surface area contributed by atoms with Gasteiger partial charge in [-0.05, 0) is 50.7 Å². The van der Waals surface area contributed by atoms with E-state index in [-0.39, 0.29) is 29.7 Å². The van der Waals surface area contributed by atoms with E-state index in [2.05, 4.69) is 10.6 Å². The highest BCUT2D eigenvalue weighted by molar-refractivity contribution is 6.04. The first-order valence-electron chi connectivity index (χ1n) is 8.48. The van der Waals surface area contributed by atoms with Crippen molar-refractivity contribution in [2.75, 3.05) is 5.32 Å². The fourth-order valence-electron chi connectivity index (χ4n) is 3.12. The first kappa shape index (κ1) is 16.5. The number of amides is 2. The largest absolute Gasteiger partial charge is 0.481 e. The van der Waals surface area contributed by atoms with Gasteiger partial charge in [0, 0.05) is 12.0 Å². The molecule has 2 aliphatic carbocycles. The summed E-state index contributed by atoms with van der Waals surface area (Å²) in [6.07, 6.45) is 4.20. The van der Waals surface area contributed by atoms with Gasteiger partial charge in [0.25, 0.3) is 5.91 Å². The van der Waals surface area contributed by atoms with Crippen LogP contribution in [0.3, 0.4) is 0 Å². The number of hydrogen-bond acceptors (Lipinski definition) is 3. The summed E-state index contributed by atoms with van der Waals surface area (Å²) in [7, 11) is 0. The molecule has 24 heavy (non-hydrogen) atoms. The molecule has 2 amide bonds. The topological polar surface area (TPSA) is 95.5 Å². The van der Waals surface area contributed by atoms with Crippen molar-refractivity contribution >= 4 is 23.5 Å². The van der Waals surface area contributed by atoms with E-state index in [0.29, 0.717) is 36.9 Å². The molecule has 0 aromatic heterocycles. The number of carboxylic acids is 1. The van der Waals surface area contributed by atoms with Crippen molar-refractivity contribution in [3.05, 3.63) is 29.8 Å². The van der Waals surface area contributed by atoms with Crippen LogP contribution in [0.25, 0.3) is 0 Å². The van der Waals surface area contributed by atoms with Crippen molar-refractivity contribution in [2.45, 2.75) is 44.6 Å². The van der Waals surface area contributed by atoms with E-state index in [4.69, 9.17) is 5.11 Å². The SMILES string of the molecule is O=C(NC1CC1)c1ccccc1NC(=O)C1CCC(C(=O)O)CC1. The number of carboxylic acid groups (broad SMARTS) is 1. The summed E-state index contributed by atoms with van der Waals surface area (Å²) in [5.74, 6) is -1.62. The highest BCUT2D eigenvalue weighted by Gasteiger charge is 2.30. The number of carbonyl (C=O) groups is 3. The molecular weight excluding hydrogens is 308 g/mol. The van der Waals surface area contributed by atoms with Gasteiger partial charge in [-0.3, -0.25) is 14.4 Å². The summed E-state index contributed by atoms with van der Waals surface area (Å²) in [5.41, 5.74) is 0.984. The number of rotatable bonds is 5. The van der Waals surface area contributed by atoms with Gasteiger partial charge in [0.1, 0.15) is 0 Å². The predicted octanol–water partition coefficient (Wildman–Crippen LogP) is 2.41. The van der Waals surface area contributed by atoms with Crippen molar-refractivity contribution in [2.24, 2.45) is 11.8 Å². The third kappa shape index (κ3) is 3.93. The quantitative estimate of drug-likeness (QED) is 0.772. The molecule has 6 heteroatoms. The fraction of sp³-hybridized carbons (Fsp3) is 0.500. The molecule has 0 spiro atoms. The minimum atomic E-state index is -0.782. The summed E-state index contributed by atoms with van der Waals surface area (Å²) in [4.78, 5) is 35.7. The van der Waals surface area contributed by atoms with E-state index in [1.165, 1.54) is 0 Å². The number of benzene rings is 1. The minimum Gasteiger partial charge on any atom is -0.481 e. The van der Waals surface area contributed by atoms with Crippen LogP contribution in [-0.2, 0) is 9.59 Å². The summed E-state index contributed by atoms with van der Waals surface area (Å²) < 4.78 is 0. The Morgan fingerprint density at radius 2 is 1.54 bits per heavy atom. The Balaban J connectivity index is 1.62. The van der Waals surface area contributed by atoms with E-state index in [1.54, 1.807) is 24.3 Å². The lowest BCUT2D eigenvalue weighted by atomic mass is 9.81. The number of nitrogens with one attached hydrogen (secondary N) is 2. The molecule has 0 heterocycles. The molecule has 0 aliphatic heterocycles. The van der Waals surface area contributed by atoms with E-state index in [1.807, 2.05) is 0 Å². The van der Waals surface area contributed by atoms with Crippen molar-refractivity contribution < 1.29 is 19.5 Å². The lowest BCUT2D eigenvalue weighted by Crippen LogP contribution is -2.31. The van der Waals surface area contributed by atoms with Gasteiger partial charge >= 0.3 is 5.97 Å². The molecule has 6 nitrogen and oxygen atoms in total. The van der Waals surface area contributed by atoms with Crippen LogP contribution in [0.1, 0.15) is 48.9 Å². The van der Waals surface area contributed by atoms with Gasteiger partial charge in [-0.15, -0.1) is 0 Å². The predicted molar refractivity (Wildman–Crippen MR) is 88.6 cm³/mol. The van der Waals surface area contributed by atoms with Crippen LogP contribution in [0, 0.1) is 11.8 Å². The van der Waals surface area contributed by atoms with Gasteiger partial charge in [0.05, 0.1) is 17.2 Å². The maximum Gasteiger partial charge on any atom is 0.306 e. The van der Waals surface area contributed by atoms with E-state index >= 15 is 0 Å².